The topological polar surface area (TPSA) is 20.3 Å². The predicted molar refractivity (Wildman–Crippen MR) is 95.2 cm³/mol. The molecule has 2 heteroatoms. The van der Waals surface area contributed by atoms with Crippen LogP contribution in [-0.2, 0) is 11.2 Å². The molecule has 0 aliphatic carbocycles. The Balaban J connectivity index is 1.46. The second kappa shape index (κ2) is 7.89. The van der Waals surface area contributed by atoms with E-state index in [-0.39, 0.29) is 0 Å². The maximum Gasteiger partial charge on any atom is 0.138 e. The second-order valence-electron chi connectivity index (χ2n) is 6.10. The highest BCUT2D eigenvalue weighted by atomic mass is 16.1. The van der Waals surface area contributed by atoms with E-state index in [0.29, 0.717) is 18.6 Å². The second-order valence-corrected chi connectivity index (χ2v) is 6.10. The molecule has 0 amide bonds. The molecular formula is C21H23NO. The fourth-order valence-electron chi connectivity index (χ4n) is 3.02. The van der Waals surface area contributed by atoms with Crippen molar-refractivity contribution in [1.82, 2.24) is 4.90 Å². The van der Waals surface area contributed by atoms with E-state index in [9.17, 15) is 4.79 Å². The average Bonchev–Trinajstić information content (AvgIpc) is 2.62. The molecular weight excluding hydrogens is 282 g/mol. The van der Waals surface area contributed by atoms with Gasteiger partial charge < -0.3 is 0 Å². The summed E-state index contributed by atoms with van der Waals surface area (Å²) >= 11 is 0. The normalized spacial score (nSPS) is 15.2. The smallest absolute Gasteiger partial charge is 0.138 e. The van der Waals surface area contributed by atoms with E-state index in [0.717, 1.165) is 31.6 Å². The summed E-state index contributed by atoms with van der Waals surface area (Å²) in [6, 6.07) is 20.6. The van der Waals surface area contributed by atoms with Crippen molar-refractivity contribution in [2.75, 3.05) is 19.6 Å². The van der Waals surface area contributed by atoms with Gasteiger partial charge >= 0.3 is 0 Å². The molecule has 2 aromatic rings. The van der Waals surface area contributed by atoms with Crippen molar-refractivity contribution in [2.24, 2.45) is 0 Å². The van der Waals surface area contributed by atoms with Crippen LogP contribution in [0.15, 0.2) is 66.7 Å². The van der Waals surface area contributed by atoms with Crippen LogP contribution in [0.5, 0.6) is 0 Å². The van der Waals surface area contributed by atoms with Crippen molar-refractivity contribution < 1.29 is 4.79 Å². The van der Waals surface area contributed by atoms with E-state index in [4.69, 9.17) is 0 Å². The zero-order valence-electron chi connectivity index (χ0n) is 13.4. The Morgan fingerprint density at radius 2 is 1.65 bits per heavy atom. The fourth-order valence-corrected chi connectivity index (χ4v) is 3.02. The van der Waals surface area contributed by atoms with Crippen LogP contribution in [0.2, 0.25) is 0 Å². The molecule has 1 heterocycles. The van der Waals surface area contributed by atoms with Crippen LogP contribution in [0.25, 0.3) is 5.57 Å². The maximum atomic E-state index is 12.1. The molecule has 0 aromatic heterocycles. The standard InChI is InChI=1S/C21H23NO/c23-21(17-18-7-3-1-4-8-18)13-16-22-14-11-20(12-15-22)19-9-5-2-6-10-19/h1-11H,12-17H2. The number of hydrogen-bond donors (Lipinski definition) is 0. The van der Waals surface area contributed by atoms with Crippen molar-refractivity contribution in [2.45, 2.75) is 19.3 Å². The highest BCUT2D eigenvalue weighted by molar-refractivity contribution is 5.81. The zero-order chi connectivity index (χ0) is 15.9. The van der Waals surface area contributed by atoms with Crippen molar-refractivity contribution in [3.05, 3.63) is 77.9 Å². The summed E-state index contributed by atoms with van der Waals surface area (Å²) in [5.74, 6) is 0.328. The van der Waals surface area contributed by atoms with Crippen LogP contribution in [-0.4, -0.2) is 30.3 Å². The zero-order valence-corrected chi connectivity index (χ0v) is 13.4. The molecule has 118 valence electrons. The van der Waals surface area contributed by atoms with E-state index >= 15 is 0 Å². The Morgan fingerprint density at radius 3 is 2.30 bits per heavy atom. The highest BCUT2D eigenvalue weighted by Gasteiger charge is 2.14. The third-order valence-electron chi connectivity index (χ3n) is 4.39. The summed E-state index contributed by atoms with van der Waals surface area (Å²) in [5, 5.41) is 0. The van der Waals surface area contributed by atoms with Gasteiger partial charge in [0.15, 0.2) is 0 Å². The van der Waals surface area contributed by atoms with Crippen molar-refractivity contribution >= 4 is 11.4 Å². The van der Waals surface area contributed by atoms with Gasteiger partial charge in [-0.05, 0) is 23.1 Å². The van der Waals surface area contributed by atoms with E-state index in [1.165, 1.54) is 11.1 Å². The van der Waals surface area contributed by atoms with Gasteiger partial charge in [0.05, 0.1) is 0 Å². The average molecular weight is 305 g/mol. The molecule has 0 fully saturated rings. The van der Waals surface area contributed by atoms with Gasteiger partial charge in [-0.1, -0.05) is 66.7 Å². The van der Waals surface area contributed by atoms with Gasteiger partial charge in [-0.3, -0.25) is 9.69 Å². The third-order valence-corrected chi connectivity index (χ3v) is 4.39. The molecule has 0 unspecified atom stereocenters. The number of carbonyl (C=O) groups excluding carboxylic acids is 1. The molecule has 0 radical (unpaired) electrons. The van der Waals surface area contributed by atoms with E-state index < -0.39 is 0 Å². The first-order chi connectivity index (χ1) is 11.3. The first-order valence-corrected chi connectivity index (χ1v) is 8.34. The Morgan fingerprint density at radius 1 is 0.957 bits per heavy atom. The lowest BCUT2D eigenvalue weighted by Crippen LogP contribution is -2.30. The first-order valence-electron chi connectivity index (χ1n) is 8.34. The molecule has 0 saturated carbocycles. The summed E-state index contributed by atoms with van der Waals surface area (Å²) in [5.41, 5.74) is 3.87. The lowest BCUT2D eigenvalue weighted by atomic mass is 9.99. The lowest BCUT2D eigenvalue weighted by Gasteiger charge is -2.26. The fraction of sp³-hybridized carbons (Fsp3) is 0.286. The molecule has 2 nitrogen and oxygen atoms in total. The van der Waals surface area contributed by atoms with Gasteiger partial charge in [-0.15, -0.1) is 0 Å². The predicted octanol–water partition coefficient (Wildman–Crippen LogP) is 3.98. The van der Waals surface area contributed by atoms with Crippen LogP contribution < -0.4 is 0 Å². The minimum Gasteiger partial charge on any atom is -0.299 e. The maximum absolute atomic E-state index is 12.1. The number of hydrogen-bond acceptors (Lipinski definition) is 2. The Kier molecular flexibility index (Phi) is 5.38. The number of ketones is 1. The molecule has 1 aliphatic heterocycles. The molecule has 0 spiro atoms. The Hall–Kier alpha value is -2.19. The Labute approximate surface area is 138 Å². The molecule has 3 rings (SSSR count). The van der Waals surface area contributed by atoms with Gasteiger partial charge in [0, 0.05) is 32.5 Å². The van der Waals surface area contributed by atoms with Crippen LogP contribution in [0.1, 0.15) is 24.0 Å². The summed E-state index contributed by atoms with van der Waals surface area (Å²) in [4.78, 5) is 14.5. The summed E-state index contributed by atoms with van der Waals surface area (Å²) < 4.78 is 0. The van der Waals surface area contributed by atoms with Crippen molar-refractivity contribution in [3.8, 4) is 0 Å². The largest absolute Gasteiger partial charge is 0.299 e. The number of carbonyl (C=O) groups is 1. The number of benzene rings is 2. The SMILES string of the molecule is O=C(CCN1CC=C(c2ccccc2)CC1)Cc1ccccc1. The summed E-state index contributed by atoms with van der Waals surface area (Å²) in [6.07, 6.45) is 4.57. The van der Waals surface area contributed by atoms with Gasteiger partial charge in [0.25, 0.3) is 0 Å². The quantitative estimate of drug-likeness (QED) is 0.804. The molecule has 0 saturated heterocycles. The Bertz CT molecular complexity index is 661. The van der Waals surface area contributed by atoms with Gasteiger partial charge in [0.2, 0.25) is 0 Å². The van der Waals surface area contributed by atoms with Gasteiger partial charge in [0.1, 0.15) is 5.78 Å². The number of rotatable bonds is 6. The lowest BCUT2D eigenvalue weighted by molar-refractivity contribution is -0.118. The third kappa shape index (κ3) is 4.64. The molecule has 1 aliphatic rings. The van der Waals surface area contributed by atoms with E-state index in [1.807, 2.05) is 30.3 Å². The number of nitrogens with zero attached hydrogens (tertiary/aromatic N) is 1. The summed E-state index contributed by atoms with van der Waals surface area (Å²) in [7, 11) is 0. The first kappa shape index (κ1) is 15.7. The summed E-state index contributed by atoms with van der Waals surface area (Å²) in [6.45, 7) is 2.85. The minimum absolute atomic E-state index is 0.328. The van der Waals surface area contributed by atoms with E-state index in [2.05, 4.69) is 41.3 Å². The highest BCUT2D eigenvalue weighted by Crippen LogP contribution is 2.22. The molecule has 2 aromatic carbocycles. The molecule has 23 heavy (non-hydrogen) atoms. The molecule has 0 atom stereocenters. The van der Waals surface area contributed by atoms with Crippen molar-refractivity contribution in [1.29, 1.82) is 0 Å². The van der Waals surface area contributed by atoms with E-state index in [1.54, 1.807) is 0 Å². The van der Waals surface area contributed by atoms with Crippen molar-refractivity contribution in [3.63, 3.8) is 0 Å². The van der Waals surface area contributed by atoms with Gasteiger partial charge in [-0.2, -0.15) is 0 Å². The van der Waals surface area contributed by atoms with Gasteiger partial charge in [-0.25, -0.2) is 0 Å². The minimum atomic E-state index is 0.328. The van der Waals surface area contributed by atoms with Crippen LogP contribution in [0.3, 0.4) is 0 Å². The van der Waals surface area contributed by atoms with Crippen LogP contribution >= 0.6 is 0 Å². The molecule has 0 bridgehead atoms. The van der Waals surface area contributed by atoms with Crippen LogP contribution in [0.4, 0.5) is 0 Å². The molecule has 0 N–H and O–H groups in total. The monoisotopic (exact) mass is 305 g/mol. The van der Waals surface area contributed by atoms with Crippen LogP contribution in [0, 0.1) is 0 Å². The number of Topliss-reactive ketones (excluding diaryl/α,β-unsaturated/α-hetero) is 1.